The van der Waals surface area contributed by atoms with Gasteiger partial charge in [-0.05, 0) is 71.3 Å². The minimum Gasteiger partial charge on any atom is -0.313 e. The van der Waals surface area contributed by atoms with Crippen LogP contribution in [0.5, 0.6) is 0 Å². The lowest BCUT2D eigenvalue weighted by molar-refractivity contribution is 0.278. The van der Waals surface area contributed by atoms with Gasteiger partial charge < -0.3 is 5.32 Å². The van der Waals surface area contributed by atoms with E-state index in [0.717, 1.165) is 29.1 Å². The minimum absolute atomic E-state index is 0.640. The summed E-state index contributed by atoms with van der Waals surface area (Å²) in [5.74, 6) is 0.821. The second kappa shape index (κ2) is 5.32. The smallest absolute Gasteiger partial charge is 0.124 e. The molecule has 1 N–H and O–H groups in total. The van der Waals surface area contributed by atoms with Gasteiger partial charge in [0, 0.05) is 12.2 Å². The van der Waals surface area contributed by atoms with E-state index in [1.165, 1.54) is 24.8 Å². The van der Waals surface area contributed by atoms with Crippen molar-refractivity contribution in [3.63, 3.8) is 0 Å². The number of nitrogens with one attached hydrogen (secondary N) is 1. The molecule has 18 heavy (non-hydrogen) atoms. The van der Waals surface area contributed by atoms with Crippen molar-refractivity contribution in [3.05, 3.63) is 33.5 Å². The Morgan fingerprint density at radius 2 is 2.33 bits per heavy atom. The molecule has 2 heterocycles. The fourth-order valence-electron chi connectivity index (χ4n) is 2.99. The molecule has 1 saturated heterocycles. The molecule has 0 unspecified atom stereocenters. The lowest BCUT2D eigenvalue weighted by atomic mass is 9.78. The van der Waals surface area contributed by atoms with Gasteiger partial charge in [-0.15, -0.1) is 0 Å². The zero-order valence-corrected chi connectivity index (χ0v) is 12.5. The highest BCUT2D eigenvalue weighted by atomic mass is 79.9. The van der Waals surface area contributed by atoms with E-state index in [1.54, 1.807) is 0 Å². The molecule has 1 aromatic heterocycles. The average Bonchev–Trinajstić information content (AvgIpc) is 2.41. The Morgan fingerprint density at radius 1 is 1.44 bits per heavy atom. The van der Waals surface area contributed by atoms with E-state index in [9.17, 15) is 0 Å². The molecule has 1 aromatic rings. The third-order valence-corrected chi connectivity index (χ3v) is 5.15. The van der Waals surface area contributed by atoms with E-state index >= 15 is 0 Å². The number of halogens is 2. The maximum atomic E-state index is 6.12. The van der Waals surface area contributed by atoms with Gasteiger partial charge in [0.1, 0.15) is 4.60 Å². The third-order valence-electron chi connectivity index (χ3n) is 4.00. The number of nitrogens with zero attached hydrogens (tertiary/aromatic N) is 1. The van der Waals surface area contributed by atoms with Crippen molar-refractivity contribution < 1.29 is 0 Å². The van der Waals surface area contributed by atoms with E-state index in [0.29, 0.717) is 11.1 Å². The van der Waals surface area contributed by atoms with Crippen LogP contribution in [0.25, 0.3) is 5.57 Å². The van der Waals surface area contributed by atoms with Gasteiger partial charge in [-0.1, -0.05) is 17.7 Å². The zero-order chi connectivity index (χ0) is 12.5. The van der Waals surface area contributed by atoms with Crippen molar-refractivity contribution in [3.8, 4) is 0 Å². The van der Waals surface area contributed by atoms with Gasteiger partial charge in [0.2, 0.25) is 0 Å². The van der Waals surface area contributed by atoms with Crippen molar-refractivity contribution in [1.82, 2.24) is 10.3 Å². The Labute approximate surface area is 121 Å². The number of hydrogen-bond donors (Lipinski definition) is 1. The molecule has 0 spiro atoms. The van der Waals surface area contributed by atoms with Gasteiger partial charge in [-0.2, -0.15) is 0 Å². The predicted octanol–water partition coefficient (Wildman–Crippen LogP) is 4.04. The first-order valence-corrected chi connectivity index (χ1v) is 7.65. The van der Waals surface area contributed by atoms with Crippen LogP contribution in [0.4, 0.5) is 0 Å². The molecule has 0 bridgehead atoms. The minimum atomic E-state index is 0.640. The van der Waals surface area contributed by atoms with Gasteiger partial charge in [-0.3, -0.25) is 0 Å². The molecule has 96 valence electrons. The molecule has 2 nitrogen and oxygen atoms in total. The van der Waals surface area contributed by atoms with Crippen molar-refractivity contribution in [2.24, 2.45) is 5.92 Å². The fraction of sp³-hybridized carbons (Fsp3) is 0.500. The maximum Gasteiger partial charge on any atom is 0.124 e. The molecule has 0 aromatic carbocycles. The summed E-state index contributed by atoms with van der Waals surface area (Å²) in [6.45, 7) is 1.16. The van der Waals surface area contributed by atoms with Crippen LogP contribution in [-0.4, -0.2) is 17.6 Å². The van der Waals surface area contributed by atoms with E-state index in [1.807, 2.05) is 12.3 Å². The fourth-order valence-corrected chi connectivity index (χ4v) is 3.37. The molecule has 4 heteroatoms. The summed E-state index contributed by atoms with van der Waals surface area (Å²) < 4.78 is 0.720. The predicted molar refractivity (Wildman–Crippen MR) is 78.7 cm³/mol. The number of piperidine rings is 1. The van der Waals surface area contributed by atoms with Crippen LogP contribution in [-0.2, 0) is 0 Å². The molecular formula is C14H16BrClN2. The molecule has 0 amide bonds. The molecule has 1 aliphatic carbocycles. The third kappa shape index (κ3) is 2.49. The molecule has 2 aliphatic rings. The number of hydrogen-bond acceptors (Lipinski definition) is 2. The van der Waals surface area contributed by atoms with Crippen molar-refractivity contribution in [2.75, 3.05) is 6.54 Å². The zero-order valence-electron chi connectivity index (χ0n) is 10.1. The largest absolute Gasteiger partial charge is 0.313 e. The number of fused-ring (bicyclic) bond motifs is 1. The van der Waals surface area contributed by atoms with E-state index < -0.39 is 0 Å². The first-order chi connectivity index (χ1) is 8.74. The van der Waals surface area contributed by atoms with E-state index in [2.05, 4.69) is 32.3 Å². The van der Waals surface area contributed by atoms with Crippen LogP contribution in [0, 0.1) is 5.92 Å². The first kappa shape index (κ1) is 12.6. The van der Waals surface area contributed by atoms with Crippen LogP contribution < -0.4 is 5.32 Å². The van der Waals surface area contributed by atoms with Crippen LogP contribution in [0.15, 0.2) is 22.9 Å². The highest BCUT2D eigenvalue weighted by Crippen LogP contribution is 2.35. The summed E-state index contributed by atoms with van der Waals surface area (Å²) in [5.41, 5.74) is 2.54. The Hall–Kier alpha value is -0.380. The molecule has 0 radical (unpaired) electrons. The Morgan fingerprint density at radius 3 is 3.17 bits per heavy atom. The van der Waals surface area contributed by atoms with Crippen LogP contribution in [0.2, 0.25) is 5.02 Å². The van der Waals surface area contributed by atoms with Crippen molar-refractivity contribution in [2.45, 2.75) is 31.7 Å². The summed E-state index contributed by atoms with van der Waals surface area (Å²) in [4.78, 5) is 4.28. The number of aromatic nitrogens is 1. The molecular weight excluding hydrogens is 312 g/mol. The van der Waals surface area contributed by atoms with E-state index in [-0.39, 0.29) is 0 Å². The van der Waals surface area contributed by atoms with Gasteiger partial charge >= 0.3 is 0 Å². The SMILES string of the molecule is Clc1cc(C2=CC[C@H]3CCCN[C@H]3C2)cnc1Br. The maximum absolute atomic E-state index is 6.12. The summed E-state index contributed by atoms with van der Waals surface area (Å²) >= 11 is 9.45. The van der Waals surface area contributed by atoms with E-state index in [4.69, 9.17) is 11.6 Å². The Kier molecular flexibility index (Phi) is 3.73. The highest BCUT2D eigenvalue weighted by molar-refractivity contribution is 9.10. The highest BCUT2D eigenvalue weighted by Gasteiger charge is 2.28. The number of rotatable bonds is 1. The number of allylic oxidation sites excluding steroid dienone is 1. The summed E-state index contributed by atoms with van der Waals surface area (Å²) in [5, 5.41) is 4.33. The molecule has 3 rings (SSSR count). The number of pyridine rings is 1. The van der Waals surface area contributed by atoms with Gasteiger partial charge in [0.15, 0.2) is 0 Å². The molecule has 0 saturated carbocycles. The van der Waals surface area contributed by atoms with Gasteiger partial charge in [0.25, 0.3) is 0 Å². The van der Waals surface area contributed by atoms with Crippen LogP contribution in [0.1, 0.15) is 31.2 Å². The standard InChI is InChI=1S/C14H16BrClN2/c15-14-12(16)6-11(8-18-14)10-4-3-9-2-1-5-17-13(9)7-10/h4,6,8-9,13,17H,1-3,5,7H2/t9-,13+/m1/s1. The van der Waals surface area contributed by atoms with Crippen molar-refractivity contribution >= 4 is 33.1 Å². The second-order valence-electron chi connectivity index (χ2n) is 5.13. The summed E-state index contributed by atoms with van der Waals surface area (Å²) in [6.07, 6.45) is 9.24. The normalized spacial score (nSPS) is 27.6. The summed E-state index contributed by atoms with van der Waals surface area (Å²) in [7, 11) is 0. The lowest BCUT2D eigenvalue weighted by Gasteiger charge is -2.36. The van der Waals surface area contributed by atoms with Crippen LogP contribution >= 0.6 is 27.5 Å². The molecule has 1 fully saturated rings. The monoisotopic (exact) mass is 326 g/mol. The Bertz CT molecular complexity index is 487. The first-order valence-electron chi connectivity index (χ1n) is 6.48. The molecule has 2 atom stereocenters. The van der Waals surface area contributed by atoms with Crippen LogP contribution in [0.3, 0.4) is 0 Å². The van der Waals surface area contributed by atoms with Gasteiger partial charge in [0.05, 0.1) is 5.02 Å². The quantitative estimate of drug-likeness (QED) is 0.787. The summed E-state index contributed by atoms with van der Waals surface area (Å²) in [6, 6.07) is 2.65. The van der Waals surface area contributed by atoms with Gasteiger partial charge in [-0.25, -0.2) is 4.98 Å². The Balaban J connectivity index is 1.84. The second-order valence-corrected chi connectivity index (χ2v) is 6.29. The average molecular weight is 328 g/mol. The topological polar surface area (TPSA) is 24.9 Å². The molecule has 1 aliphatic heterocycles. The van der Waals surface area contributed by atoms with Crippen molar-refractivity contribution in [1.29, 1.82) is 0 Å². The lowest BCUT2D eigenvalue weighted by Crippen LogP contribution is -2.42.